The first-order chi connectivity index (χ1) is 10.8. The van der Waals surface area contributed by atoms with E-state index < -0.39 is 11.9 Å². The molecule has 0 saturated carbocycles. The molecule has 0 aliphatic carbocycles. The largest absolute Gasteiger partial charge is 0.481 e. The second-order valence-corrected chi connectivity index (χ2v) is 5.77. The van der Waals surface area contributed by atoms with Gasteiger partial charge in [-0.1, -0.05) is 25.1 Å². The Kier molecular flexibility index (Phi) is 4.83. The number of aryl methyl sites for hydroxylation is 1. The van der Waals surface area contributed by atoms with E-state index in [1.807, 2.05) is 38.1 Å². The third kappa shape index (κ3) is 3.41. The van der Waals surface area contributed by atoms with Gasteiger partial charge >= 0.3 is 5.97 Å². The van der Waals surface area contributed by atoms with Crippen LogP contribution >= 0.6 is 0 Å². The average Bonchev–Trinajstić information content (AvgIpc) is 2.88. The summed E-state index contributed by atoms with van der Waals surface area (Å²) in [6.45, 7) is 5.55. The molecule has 1 atom stereocenters. The first-order valence-electron chi connectivity index (χ1n) is 7.41. The van der Waals surface area contributed by atoms with Crippen LogP contribution in [0, 0.1) is 19.8 Å². The zero-order valence-corrected chi connectivity index (χ0v) is 13.8. The van der Waals surface area contributed by atoms with E-state index in [9.17, 15) is 9.59 Å². The summed E-state index contributed by atoms with van der Waals surface area (Å²) in [5, 5.41) is 13.3. The molecule has 0 radical (unpaired) electrons. The lowest BCUT2D eigenvalue weighted by Crippen LogP contribution is -2.33. The number of nitrogens with zero attached hydrogens (tertiary/aromatic N) is 3. The first-order valence-corrected chi connectivity index (χ1v) is 7.41. The number of para-hydroxylation sites is 1. The molecule has 0 spiro atoms. The fraction of sp³-hybridized carbons (Fsp3) is 0.353. The summed E-state index contributed by atoms with van der Waals surface area (Å²) in [6.07, 6.45) is 1.53. The van der Waals surface area contributed by atoms with Gasteiger partial charge in [0.15, 0.2) is 0 Å². The van der Waals surface area contributed by atoms with Crippen molar-refractivity contribution in [3.05, 3.63) is 47.3 Å². The number of amides is 1. The van der Waals surface area contributed by atoms with Gasteiger partial charge < -0.3 is 10.0 Å². The van der Waals surface area contributed by atoms with Crippen LogP contribution in [0.2, 0.25) is 0 Å². The van der Waals surface area contributed by atoms with Crippen molar-refractivity contribution in [3.8, 4) is 5.69 Å². The number of carbonyl (C=O) groups excluding carboxylic acids is 1. The van der Waals surface area contributed by atoms with E-state index in [4.69, 9.17) is 5.11 Å². The van der Waals surface area contributed by atoms with E-state index in [2.05, 4.69) is 5.10 Å². The van der Waals surface area contributed by atoms with Crippen molar-refractivity contribution in [1.29, 1.82) is 0 Å². The molecular formula is C17H21N3O3. The third-order valence-corrected chi connectivity index (χ3v) is 3.90. The summed E-state index contributed by atoms with van der Waals surface area (Å²) in [7, 11) is 1.60. The number of carboxylic acids is 1. The number of hydrogen-bond donors (Lipinski definition) is 1. The second kappa shape index (κ2) is 6.64. The van der Waals surface area contributed by atoms with Gasteiger partial charge in [0.05, 0.1) is 29.1 Å². The summed E-state index contributed by atoms with van der Waals surface area (Å²) in [6, 6.07) is 7.80. The van der Waals surface area contributed by atoms with Crippen LogP contribution in [0.5, 0.6) is 0 Å². The zero-order chi connectivity index (χ0) is 17.1. The van der Waals surface area contributed by atoms with Crippen molar-refractivity contribution in [3.63, 3.8) is 0 Å². The Labute approximate surface area is 135 Å². The lowest BCUT2D eigenvalue weighted by molar-refractivity contribution is -0.141. The van der Waals surface area contributed by atoms with Gasteiger partial charge in [0.25, 0.3) is 5.91 Å². The normalized spacial score (nSPS) is 12.0. The number of carboxylic acid groups (broad SMARTS) is 1. The maximum atomic E-state index is 12.5. The molecule has 122 valence electrons. The maximum absolute atomic E-state index is 12.5. The van der Waals surface area contributed by atoms with E-state index >= 15 is 0 Å². The van der Waals surface area contributed by atoms with Gasteiger partial charge in [0.1, 0.15) is 0 Å². The number of rotatable bonds is 5. The van der Waals surface area contributed by atoms with Crippen LogP contribution in [0.25, 0.3) is 5.69 Å². The van der Waals surface area contributed by atoms with E-state index in [1.54, 1.807) is 18.7 Å². The van der Waals surface area contributed by atoms with Crippen LogP contribution in [0.15, 0.2) is 30.5 Å². The number of carbonyl (C=O) groups is 2. The van der Waals surface area contributed by atoms with Crippen molar-refractivity contribution in [1.82, 2.24) is 14.7 Å². The van der Waals surface area contributed by atoms with Gasteiger partial charge in [-0.05, 0) is 25.5 Å². The fourth-order valence-electron chi connectivity index (χ4n) is 2.44. The molecule has 0 bridgehead atoms. The van der Waals surface area contributed by atoms with Gasteiger partial charge in [-0.3, -0.25) is 9.59 Å². The number of hydrogen-bond acceptors (Lipinski definition) is 3. The highest BCUT2D eigenvalue weighted by Gasteiger charge is 2.22. The quantitative estimate of drug-likeness (QED) is 0.918. The summed E-state index contributed by atoms with van der Waals surface area (Å²) < 4.78 is 1.73. The van der Waals surface area contributed by atoms with Gasteiger partial charge in [0.2, 0.25) is 0 Å². The van der Waals surface area contributed by atoms with Crippen molar-refractivity contribution in [2.24, 2.45) is 5.92 Å². The maximum Gasteiger partial charge on any atom is 0.308 e. The summed E-state index contributed by atoms with van der Waals surface area (Å²) in [5.41, 5.74) is 3.20. The van der Waals surface area contributed by atoms with Crippen molar-refractivity contribution >= 4 is 11.9 Å². The lowest BCUT2D eigenvalue weighted by Gasteiger charge is -2.19. The Morgan fingerprint density at radius 2 is 1.96 bits per heavy atom. The van der Waals surface area contributed by atoms with Gasteiger partial charge in [-0.15, -0.1) is 0 Å². The second-order valence-electron chi connectivity index (χ2n) is 5.77. The molecule has 2 aromatic rings. The summed E-state index contributed by atoms with van der Waals surface area (Å²) >= 11 is 0. The molecule has 2 rings (SSSR count). The minimum Gasteiger partial charge on any atom is -0.481 e. The summed E-state index contributed by atoms with van der Waals surface area (Å²) in [4.78, 5) is 24.9. The Bertz CT molecular complexity index is 736. The highest BCUT2D eigenvalue weighted by atomic mass is 16.4. The minimum atomic E-state index is -0.919. The predicted molar refractivity (Wildman–Crippen MR) is 86.8 cm³/mol. The van der Waals surface area contributed by atoms with Gasteiger partial charge in [-0.2, -0.15) is 5.10 Å². The Morgan fingerprint density at radius 3 is 2.57 bits per heavy atom. The fourth-order valence-corrected chi connectivity index (χ4v) is 2.44. The third-order valence-electron chi connectivity index (χ3n) is 3.90. The van der Waals surface area contributed by atoms with E-state index in [0.29, 0.717) is 5.56 Å². The molecule has 1 amide bonds. The van der Waals surface area contributed by atoms with Crippen LogP contribution in [0.4, 0.5) is 0 Å². The summed E-state index contributed by atoms with van der Waals surface area (Å²) in [5.74, 6) is -1.76. The van der Waals surface area contributed by atoms with Crippen molar-refractivity contribution < 1.29 is 14.7 Å². The van der Waals surface area contributed by atoms with E-state index in [-0.39, 0.29) is 12.5 Å². The molecular weight excluding hydrogens is 294 g/mol. The van der Waals surface area contributed by atoms with Crippen LogP contribution in [-0.4, -0.2) is 45.3 Å². The number of benzene rings is 1. The average molecular weight is 315 g/mol. The van der Waals surface area contributed by atoms with Crippen molar-refractivity contribution in [2.45, 2.75) is 20.8 Å². The molecule has 0 fully saturated rings. The Morgan fingerprint density at radius 1 is 1.30 bits per heavy atom. The predicted octanol–water partition coefficient (Wildman–Crippen LogP) is 2.28. The van der Waals surface area contributed by atoms with Crippen molar-refractivity contribution in [2.75, 3.05) is 13.6 Å². The van der Waals surface area contributed by atoms with E-state index in [1.165, 1.54) is 11.1 Å². The van der Waals surface area contributed by atoms with Gasteiger partial charge in [0, 0.05) is 13.6 Å². The highest BCUT2D eigenvalue weighted by molar-refractivity contribution is 5.95. The van der Waals surface area contributed by atoms with Crippen LogP contribution in [0.3, 0.4) is 0 Å². The zero-order valence-electron chi connectivity index (χ0n) is 13.8. The highest BCUT2D eigenvalue weighted by Crippen LogP contribution is 2.18. The lowest BCUT2D eigenvalue weighted by atomic mass is 10.1. The van der Waals surface area contributed by atoms with Crippen LogP contribution < -0.4 is 0 Å². The topological polar surface area (TPSA) is 75.4 Å². The monoisotopic (exact) mass is 315 g/mol. The molecule has 0 aliphatic rings. The molecule has 1 aromatic carbocycles. The molecule has 23 heavy (non-hydrogen) atoms. The molecule has 1 heterocycles. The Balaban J connectivity index is 2.27. The standard InChI is InChI=1S/C17H21N3O3/c1-11-7-5-6-8-15(11)20-13(3)14(9-18-20)16(21)19(4)10-12(2)17(22)23/h5-9,12H,10H2,1-4H3,(H,22,23). The minimum absolute atomic E-state index is 0.156. The number of aromatic nitrogens is 2. The molecule has 6 nitrogen and oxygen atoms in total. The molecule has 0 aliphatic heterocycles. The molecule has 1 N–H and O–H groups in total. The Hall–Kier alpha value is -2.63. The molecule has 1 aromatic heterocycles. The SMILES string of the molecule is Cc1ccccc1-n1ncc(C(=O)N(C)CC(C)C(=O)O)c1C. The van der Waals surface area contributed by atoms with Crippen LogP contribution in [-0.2, 0) is 4.79 Å². The van der Waals surface area contributed by atoms with Crippen LogP contribution in [0.1, 0.15) is 28.5 Å². The number of aliphatic carboxylic acids is 1. The molecule has 6 heteroatoms. The smallest absolute Gasteiger partial charge is 0.308 e. The molecule has 1 unspecified atom stereocenters. The first kappa shape index (κ1) is 16.7. The van der Waals surface area contributed by atoms with E-state index in [0.717, 1.165) is 16.9 Å². The molecule has 0 saturated heterocycles. The van der Waals surface area contributed by atoms with Gasteiger partial charge in [-0.25, -0.2) is 4.68 Å².